The first-order valence-electron chi connectivity index (χ1n) is 4.59. The van der Waals surface area contributed by atoms with Crippen molar-refractivity contribution in [3.8, 4) is 6.07 Å². The molecular weight excluding hydrogens is 247 g/mol. The Balaban J connectivity index is 3.11. The van der Waals surface area contributed by atoms with Crippen molar-refractivity contribution in [1.82, 2.24) is 0 Å². The molecule has 5 heteroatoms. The summed E-state index contributed by atoms with van der Waals surface area (Å²) in [7, 11) is 0. The van der Waals surface area contributed by atoms with E-state index in [0.717, 1.165) is 5.56 Å². The lowest BCUT2D eigenvalue weighted by Gasteiger charge is -2.20. The van der Waals surface area contributed by atoms with E-state index in [4.69, 9.17) is 28.5 Å². The molecule has 1 aromatic carbocycles. The summed E-state index contributed by atoms with van der Waals surface area (Å²) in [6.45, 7) is 1.81. The molecular formula is C11H10Cl2N2O. The summed E-state index contributed by atoms with van der Waals surface area (Å²) in [4.78, 5) is 12.9. The molecule has 0 spiro atoms. The van der Waals surface area contributed by atoms with Gasteiger partial charge < -0.3 is 0 Å². The molecule has 0 unspecified atom stereocenters. The van der Waals surface area contributed by atoms with Crippen LogP contribution in [0.25, 0.3) is 0 Å². The zero-order chi connectivity index (χ0) is 12.1. The summed E-state index contributed by atoms with van der Waals surface area (Å²) in [5.74, 6) is -0.447. The molecule has 0 N–H and O–H groups in total. The normalized spacial score (nSPS) is 9.62. The van der Waals surface area contributed by atoms with Crippen molar-refractivity contribution in [2.75, 3.05) is 17.3 Å². The van der Waals surface area contributed by atoms with E-state index >= 15 is 0 Å². The Kier molecular flexibility index (Phi) is 4.60. The first-order chi connectivity index (χ1) is 7.60. The van der Waals surface area contributed by atoms with Gasteiger partial charge in [-0.25, -0.2) is 0 Å². The van der Waals surface area contributed by atoms with Crippen LogP contribution in [0.3, 0.4) is 0 Å². The fourth-order valence-corrected chi connectivity index (χ4v) is 1.74. The van der Waals surface area contributed by atoms with Crippen molar-refractivity contribution in [1.29, 1.82) is 5.26 Å². The van der Waals surface area contributed by atoms with Gasteiger partial charge in [0.25, 0.3) is 0 Å². The topological polar surface area (TPSA) is 44.1 Å². The number of halogens is 2. The Morgan fingerprint density at radius 1 is 1.56 bits per heavy atom. The third-order valence-corrected chi connectivity index (χ3v) is 2.56. The minimum Gasteiger partial charge on any atom is -0.297 e. The second-order valence-corrected chi connectivity index (χ2v) is 3.91. The highest BCUT2D eigenvalue weighted by Crippen LogP contribution is 2.23. The number of aryl methyl sites for hydroxylation is 1. The zero-order valence-electron chi connectivity index (χ0n) is 8.70. The zero-order valence-corrected chi connectivity index (χ0v) is 10.2. The lowest BCUT2D eigenvalue weighted by Crippen LogP contribution is -2.32. The number of nitrogens with zero attached hydrogens (tertiary/aromatic N) is 2. The summed E-state index contributed by atoms with van der Waals surface area (Å²) in [6.07, 6.45) is 0. The summed E-state index contributed by atoms with van der Waals surface area (Å²) >= 11 is 11.3. The maximum absolute atomic E-state index is 11.5. The molecule has 16 heavy (non-hydrogen) atoms. The van der Waals surface area contributed by atoms with Crippen LogP contribution in [0.5, 0.6) is 0 Å². The lowest BCUT2D eigenvalue weighted by atomic mass is 10.2. The third-order valence-electron chi connectivity index (χ3n) is 2.09. The first-order valence-corrected chi connectivity index (χ1v) is 5.51. The van der Waals surface area contributed by atoms with Gasteiger partial charge in [0.2, 0.25) is 5.91 Å². The van der Waals surface area contributed by atoms with Crippen LogP contribution in [0.15, 0.2) is 18.2 Å². The van der Waals surface area contributed by atoms with Gasteiger partial charge in [-0.15, -0.1) is 11.6 Å². The molecule has 0 fully saturated rings. The van der Waals surface area contributed by atoms with E-state index in [9.17, 15) is 4.79 Å². The first kappa shape index (κ1) is 12.8. The fourth-order valence-electron chi connectivity index (χ4n) is 1.37. The van der Waals surface area contributed by atoms with E-state index in [1.54, 1.807) is 18.2 Å². The molecule has 1 aromatic rings. The summed E-state index contributed by atoms with van der Waals surface area (Å²) < 4.78 is 0. The molecule has 1 amide bonds. The Bertz CT molecular complexity index is 440. The highest BCUT2D eigenvalue weighted by Gasteiger charge is 2.16. The number of carbonyl (C=O) groups is 1. The van der Waals surface area contributed by atoms with Crippen LogP contribution < -0.4 is 4.90 Å². The Hall–Kier alpha value is -1.24. The van der Waals surface area contributed by atoms with Crippen LogP contribution in [0.4, 0.5) is 5.69 Å². The van der Waals surface area contributed by atoms with E-state index in [1.807, 2.05) is 13.0 Å². The lowest BCUT2D eigenvalue weighted by molar-refractivity contribution is -0.116. The number of rotatable bonds is 3. The van der Waals surface area contributed by atoms with Gasteiger partial charge in [-0.05, 0) is 30.7 Å². The number of nitriles is 1. The van der Waals surface area contributed by atoms with Gasteiger partial charge in [0, 0.05) is 10.7 Å². The number of benzene rings is 1. The molecule has 0 bridgehead atoms. The van der Waals surface area contributed by atoms with Crippen LogP contribution >= 0.6 is 23.2 Å². The predicted molar refractivity (Wildman–Crippen MR) is 64.9 cm³/mol. The molecule has 0 saturated carbocycles. The SMILES string of the molecule is Cc1cc(Cl)ccc1N(CC#N)C(=O)CCl. The van der Waals surface area contributed by atoms with Crippen LogP contribution in [-0.2, 0) is 4.79 Å². The number of anilines is 1. The Morgan fingerprint density at radius 2 is 2.25 bits per heavy atom. The van der Waals surface area contributed by atoms with Gasteiger partial charge in [0.15, 0.2) is 0 Å². The van der Waals surface area contributed by atoms with Crippen LogP contribution in [0.1, 0.15) is 5.56 Å². The van der Waals surface area contributed by atoms with Crippen molar-refractivity contribution in [3.05, 3.63) is 28.8 Å². The van der Waals surface area contributed by atoms with Gasteiger partial charge in [-0.3, -0.25) is 9.69 Å². The van der Waals surface area contributed by atoms with E-state index < -0.39 is 0 Å². The standard InChI is InChI=1S/C11H10Cl2N2O/c1-8-6-9(13)2-3-10(8)15(5-4-14)11(16)7-12/h2-3,6H,5,7H2,1H3. The van der Waals surface area contributed by atoms with Gasteiger partial charge in [0.05, 0.1) is 6.07 Å². The summed E-state index contributed by atoms with van der Waals surface area (Å²) in [6, 6.07) is 7.06. The third kappa shape index (κ3) is 2.88. The largest absolute Gasteiger partial charge is 0.297 e. The van der Waals surface area contributed by atoms with Crippen LogP contribution in [0, 0.1) is 18.3 Å². The minimum absolute atomic E-state index is 0.0198. The fraction of sp³-hybridized carbons (Fsp3) is 0.273. The van der Waals surface area contributed by atoms with Gasteiger partial charge in [-0.1, -0.05) is 11.6 Å². The maximum atomic E-state index is 11.5. The smallest absolute Gasteiger partial charge is 0.242 e. The van der Waals surface area contributed by atoms with E-state index in [1.165, 1.54) is 4.90 Å². The molecule has 0 aromatic heterocycles. The highest BCUT2D eigenvalue weighted by atomic mass is 35.5. The molecule has 84 valence electrons. The molecule has 0 atom stereocenters. The van der Waals surface area contributed by atoms with Crippen molar-refractivity contribution >= 4 is 34.8 Å². The van der Waals surface area contributed by atoms with E-state index in [2.05, 4.69) is 0 Å². The van der Waals surface area contributed by atoms with E-state index in [0.29, 0.717) is 10.7 Å². The summed E-state index contributed by atoms with van der Waals surface area (Å²) in [5, 5.41) is 9.27. The predicted octanol–water partition coefficient (Wildman–Crippen LogP) is 2.74. The number of amides is 1. The molecule has 0 heterocycles. The van der Waals surface area contributed by atoms with Gasteiger partial charge in [0.1, 0.15) is 12.4 Å². The highest BCUT2D eigenvalue weighted by molar-refractivity contribution is 6.31. The van der Waals surface area contributed by atoms with Crippen LogP contribution in [0.2, 0.25) is 5.02 Å². The van der Waals surface area contributed by atoms with Gasteiger partial charge in [-0.2, -0.15) is 5.26 Å². The monoisotopic (exact) mass is 256 g/mol. The number of carbonyl (C=O) groups excluding carboxylic acids is 1. The maximum Gasteiger partial charge on any atom is 0.242 e. The molecule has 0 radical (unpaired) electrons. The Morgan fingerprint density at radius 3 is 2.75 bits per heavy atom. The molecule has 3 nitrogen and oxygen atoms in total. The Labute approximate surface area is 104 Å². The molecule has 0 aliphatic rings. The van der Waals surface area contributed by atoms with Crippen molar-refractivity contribution in [2.45, 2.75) is 6.92 Å². The molecule has 1 rings (SSSR count). The van der Waals surface area contributed by atoms with Crippen molar-refractivity contribution in [3.63, 3.8) is 0 Å². The summed E-state index contributed by atoms with van der Waals surface area (Å²) in [5.41, 5.74) is 1.50. The van der Waals surface area contributed by atoms with E-state index in [-0.39, 0.29) is 18.3 Å². The average Bonchev–Trinajstić information content (AvgIpc) is 2.26. The number of alkyl halides is 1. The second kappa shape index (κ2) is 5.74. The number of hydrogen-bond donors (Lipinski definition) is 0. The minimum atomic E-state index is -0.298. The van der Waals surface area contributed by atoms with Crippen molar-refractivity contribution < 1.29 is 4.79 Å². The average molecular weight is 257 g/mol. The van der Waals surface area contributed by atoms with Crippen molar-refractivity contribution in [2.24, 2.45) is 0 Å². The number of hydrogen-bond acceptors (Lipinski definition) is 2. The van der Waals surface area contributed by atoms with Crippen LogP contribution in [-0.4, -0.2) is 18.3 Å². The molecule has 0 saturated heterocycles. The quantitative estimate of drug-likeness (QED) is 0.617. The molecule has 0 aliphatic heterocycles. The van der Waals surface area contributed by atoms with Gasteiger partial charge >= 0.3 is 0 Å². The second-order valence-electron chi connectivity index (χ2n) is 3.20. The molecule has 0 aliphatic carbocycles.